The van der Waals surface area contributed by atoms with Crippen LogP contribution in [0.2, 0.25) is 0 Å². The number of aromatic hydroxyl groups is 1. The molecule has 1 amide bonds. The number of hydrogen-bond donors (Lipinski definition) is 3. The van der Waals surface area contributed by atoms with Crippen molar-refractivity contribution in [1.29, 1.82) is 0 Å². The molecule has 3 N–H and O–H groups in total. The van der Waals surface area contributed by atoms with E-state index in [-0.39, 0.29) is 29.9 Å². The zero-order valence-electron chi connectivity index (χ0n) is 22.7. The van der Waals surface area contributed by atoms with Crippen molar-refractivity contribution in [3.63, 3.8) is 0 Å². The van der Waals surface area contributed by atoms with Crippen LogP contribution in [0.1, 0.15) is 58.4 Å². The van der Waals surface area contributed by atoms with Crippen LogP contribution in [0.15, 0.2) is 91.0 Å². The molecule has 0 aliphatic rings. The molecule has 39 heavy (non-hydrogen) atoms. The lowest BCUT2D eigenvalue weighted by molar-refractivity contribution is -0.118. The first-order chi connectivity index (χ1) is 18.7. The number of anilines is 1. The Hall–Kier alpha value is -4.42. The molecule has 0 saturated heterocycles. The number of ketones is 1. The number of aryl methyl sites for hydroxylation is 2. The fourth-order valence-electron chi connectivity index (χ4n) is 4.50. The van der Waals surface area contributed by atoms with Crippen molar-refractivity contribution in [2.45, 2.75) is 39.7 Å². The first kappa shape index (κ1) is 27.6. The predicted octanol–water partition coefficient (Wildman–Crippen LogP) is 7.08. The minimum atomic E-state index is -0.721. The van der Waals surface area contributed by atoms with Gasteiger partial charge in [-0.2, -0.15) is 0 Å². The number of carbonyl (C=O) groups is 2. The second-order valence-corrected chi connectivity index (χ2v) is 9.92. The fourth-order valence-corrected chi connectivity index (χ4v) is 4.50. The maximum Gasteiger partial charge on any atom is 0.246 e. The van der Waals surface area contributed by atoms with Crippen LogP contribution in [0, 0.1) is 13.8 Å². The number of ether oxygens (including phenoxy) is 1. The van der Waals surface area contributed by atoms with Crippen molar-refractivity contribution in [3.8, 4) is 17.2 Å². The Balaban J connectivity index is 1.52. The van der Waals surface area contributed by atoms with Gasteiger partial charge in [-0.1, -0.05) is 74.5 Å². The zero-order chi connectivity index (χ0) is 27.9. The molecule has 6 heteroatoms. The SMILES string of the molecule is Cc1cc(NC(=O)C(NCC(=O)c2ccccc2)c2ccccc2)cc(C)c1Oc1ccc(O)c(C(C)C)c1. The average molecular weight is 523 g/mol. The van der Waals surface area contributed by atoms with Gasteiger partial charge in [-0.05, 0) is 66.8 Å². The van der Waals surface area contributed by atoms with Gasteiger partial charge in [0.1, 0.15) is 23.3 Å². The van der Waals surface area contributed by atoms with Gasteiger partial charge in [-0.15, -0.1) is 0 Å². The summed E-state index contributed by atoms with van der Waals surface area (Å²) in [6, 6.07) is 26.6. The number of nitrogens with one attached hydrogen (secondary N) is 2. The minimum Gasteiger partial charge on any atom is -0.508 e. The molecule has 0 radical (unpaired) electrons. The van der Waals surface area contributed by atoms with E-state index >= 15 is 0 Å². The Kier molecular flexibility index (Phi) is 8.79. The number of benzene rings is 4. The molecule has 0 aliphatic carbocycles. The van der Waals surface area contributed by atoms with Gasteiger partial charge in [0.2, 0.25) is 5.91 Å². The molecule has 4 aromatic carbocycles. The summed E-state index contributed by atoms with van der Waals surface area (Å²) in [6.07, 6.45) is 0. The molecule has 1 atom stereocenters. The monoisotopic (exact) mass is 522 g/mol. The van der Waals surface area contributed by atoms with Crippen molar-refractivity contribution >= 4 is 17.4 Å². The summed E-state index contributed by atoms with van der Waals surface area (Å²) in [6.45, 7) is 7.90. The third-order valence-electron chi connectivity index (χ3n) is 6.53. The van der Waals surface area contributed by atoms with Crippen molar-refractivity contribution in [3.05, 3.63) is 119 Å². The van der Waals surface area contributed by atoms with Crippen molar-refractivity contribution < 1.29 is 19.4 Å². The zero-order valence-corrected chi connectivity index (χ0v) is 22.7. The van der Waals surface area contributed by atoms with Gasteiger partial charge in [0.15, 0.2) is 5.78 Å². The van der Waals surface area contributed by atoms with E-state index in [1.54, 1.807) is 24.3 Å². The first-order valence-electron chi connectivity index (χ1n) is 13.0. The molecule has 1 unspecified atom stereocenters. The molecule has 200 valence electrons. The van der Waals surface area contributed by atoms with E-state index in [4.69, 9.17) is 4.74 Å². The highest BCUT2D eigenvalue weighted by molar-refractivity contribution is 5.99. The molecule has 0 heterocycles. The van der Waals surface area contributed by atoms with Crippen LogP contribution in [-0.2, 0) is 4.79 Å². The number of phenols is 1. The topological polar surface area (TPSA) is 87.7 Å². The Morgan fingerprint density at radius 3 is 2.08 bits per heavy atom. The largest absolute Gasteiger partial charge is 0.508 e. The van der Waals surface area contributed by atoms with E-state index in [1.165, 1.54) is 0 Å². The van der Waals surface area contributed by atoms with Crippen LogP contribution in [0.5, 0.6) is 17.2 Å². The molecule has 4 aromatic rings. The van der Waals surface area contributed by atoms with Gasteiger partial charge in [-0.3, -0.25) is 14.9 Å². The number of Topliss-reactive ketones (excluding diaryl/α,β-unsaturated/α-hetero) is 1. The van der Waals surface area contributed by atoms with Crippen molar-refractivity contribution in [1.82, 2.24) is 5.32 Å². The molecule has 0 aromatic heterocycles. The Labute approximate surface area is 229 Å². The summed E-state index contributed by atoms with van der Waals surface area (Å²) in [5.41, 5.74) is 4.51. The van der Waals surface area contributed by atoms with Gasteiger partial charge in [0.25, 0.3) is 0 Å². The second kappa shape index (κ2) is 12.4. The second-order valence-electron chi connectivity index (χ2n) is 9.92. The highest BCUT2D eigenvalue weighted by atomic mass is 16.5. The average Bonchev–Trinajstić information content (AvgIpc) is 2.92. The molecular formula is C33H34N2O4. The predicted molar refractivity (Wildman–Crippen MR) is 155 cm³/mol. The van der Waals surface area contributed by atoms with E-state index in [1.807, 2.05) is 94.4 Å². The van der Waals surface area contributed by atoms with Crippen LogP contribution in [0.25, 0.3) is 0 Å². The summed E-state index contributed by atoms with van der Waals surface area (Å²) in [4.78, 5) is 26.1. The lowest BCUT2D eigenvalue weighted by atomic mass is 10.0. The molecule has 0 saturated carbocycles. The van der Waals surface area contributed by atoms with Crippen LogP contribution < -0.4 is 15.4 Å². The standard InChI is InChI=1S/C33H34N2O4/c1-21(2)28-19-27(15-16-29(28)36)39-32-22(3)17-26(18-23(32)4)35-33(38)31(25-13-9-6-10-14-25)34-20-30(37)24-11-7-5-8-12-24/h5-19,21,31,34,36H,20H2,1-4H3,(H,35,38). The van der Waals surface area contributed by atoms with Crippen molar-refractivity contribution in [2.75, 3.05) is 11.9 Å². The fraction of sp³-hybridized carbons (Fsp3) is 0.212. The highest BCUT2D eigenvalue weighted by Gasteiger charge is 2.22. The number of amides is 1. The van der Waals surface area contributed by atoms with Gasteiger partial charge >= 0.3 is 0 Å². The molecule has 6 nitrogen and oxygen atoms in total. The van der Waals surface area contributed by atoms with Crippen LogP contribution in [0.4, 0.5) is 5.69 Å². The number of phenolic OH excluding ortho intramolecular Hbond substituents is 1. The number of hydrogen-bond acceptors (Lipinski definition) is 5. The summed E-state index contributed by atoms with van der Waals surface area (Å²) in [7, 11) is 0. The Bertz CT molecular complexity index is 1430. The molecule has 0 spiro atoms. The van der Waals surface area contributed by atoms with Crippen LogP contribution in [0.3, 0.4) is 0 Å². The lowest BCUT2D eigenvalue weighted by Gasteiger charge is -2.20. The summed E-state index contributed by atoms with van der Waals surface area (Å²) in [5.74, 6) is 1.37. The summed E-state index contributed by atoms with van der Waals surface area (Å²) in [5, 5.41) is 16.3. The van der Waals surface area contributed by atoms with Crippen LogP contribution >= 0.6 is 0 Å². The van der Waals surface area contributed by atoms with E-state index in [0.717, 1.165) is 22.3 Å². The first-order valence-corrected chi connectivity index (χ1v) is 13.0. The Morgan fingerprint density at radius 2 is 1.46 bits per heavy atom. The van der Waals surface area contributed by atoms with Gasteiger partial charge in [-0.25, -0.2) is 0 Å². The molecule has 0 bridgehead atoms. The lowest BCUT2D eigenvalue weighted by Crippen LogP contribution is -2.36. The maximum atomic E-state index is 13.5. The Morgan fingerprint density at radius 1 is 0.846 bits per heavy atom. The maximum absolute atomic E-state index is 13.5. The molecule has 0 aliphatic heterocycles. The van der Waals surface area contributed by atoms with E-state index in [9.17, 15) is 14.7 Å². The molecule has 0 fully saturated rings. The minimum absolute atomic E-state index is 0.0207. The summed E-state index contributed by atoms with van der Waals surface area (Å²) < 4.78 is 6.20. The normalized spacial score (nSPS) is 11.7. The van der Waals surface area contributed by atoms with Crippen LogP contribution in [-0.4, -0.2) is 23.3 Å². The van der Waals surface area contributed by atoms with E-state index in [2.05, 4.69) is 10.6 Å². The number of carbonyl (C=O) groups excluding carboxylic acids is 2. The third kappa shape index (κ3) is 6.92. The van der Waals surface area contributed by atoms with E-state index in [0.29, 0.717) is 22.7 Å². The van der Waals surface area contributed by atoms with Gasteiger partial charge in [0, 0.05) is 16.8 Å². The third-order valence-corrected chi connectivity index (χ3v) is 6.53. The molecular weight excluding hydrogens is 488 g/mol. The smallest absolute Gasteiger partial charge is 0.246 e. The van der Waals surface area contributed by atoms with E-state index < -0.39 is 6.04 Å². The molecule has 4 rings (SSSR count). The summed E-state index contributed by atoms with van der Waals surface area (Å²) >= 11 is 0. The van der Waals surface area contributed by atoms with Gasteiger partial charge < -0.3 is 15.2 Å². The highest BCUT2D eigenvalue weighted by Crippen LogP contribution is 2.35. The van der Waals surface area contributed by atoms with Crippen molar-refractivity contribution in [2.24, 2.45) is 0 Å². The number of rotatable bonds is 10. The quantitative estimate of drug-likeness (QED) is 0.194. The van der Waals surface area contributed by atoms with Gasteiger partial charge in [0.05, 0.1) is 6.54 Å².